The predicted octanol–water partition coefficient (Wildman–Crippen LogP) is -1.63. The lowest BCUT2D eigenvalue weighted by Gasteiger charge is -2.10. The topological polar surface area (TPSA) is 129 Å². The molecule has 1 unspecified atom stereocenters. The molecule has 1 saturated heterocycles. The Morgan fingerprint density at radius 3 is 2.83 bits per heavy atom. The van der Waals surface area contributed by atoms with Crippen LogP contribution in [0.3, 0.4) is 0 Å². The number of aliphatic hydroxyl groups excluding tert-OH is 1. The maximum absolute atomic E-state index is 12.0. The molecule has 0 aromatic carbocycles. The summed E-state index contributed by atoms with van der Waals surface area (Å²) in [6.07, 6.45) is 1.46. The van der Waals surface area contributed by atoms with Crippen molar-refractivity contribution in [3.63, 3.8) is 0 Å². The summed E-state index contributed by atoms with van der Waals surface area (Å²) < 4.78 is 48.7. The third kappa shape index (κ3) is 2.71. The predicted molar refractivity (Wildman–Crippen MR) is 61.9 cm³/mol. The minimum atomic E-state index is -3.89. The number of hydrogen-bond donors (Lipinski definition) is 3. The molecule has 0 amide bonds. The highest BCUT2D eigenvalue weighted by molar-refractivity contribution is 7.92. The second kappa shape index (κ2) is 4.61. The van der Waals surface area contributed by atoms with E-state index in [1.54, 1.807) is 0 Å². The summed E-state index contributed by atoms with van der Waals surface area (Å²) in [5.74, 6) is -0.217. The van der Waals surface area contributed by atoms with Crippen LogP contribution in [0.1, 0.15) is 12.0 Å². The molecule has 0 bridgehead atoms. The smallest absolute Gasteiger partial charge is 0.258 e. The van der Waals surface area contributed by atoms with Crippen molar-refractivity contribution in [3.8, 4) is 0 Å². The van der Waals surface area contributed by atoms with Crippen molar-refractivity contribution in [1.29, 1.82) is 0 Å². The fraction of sp³-hybridized carbons (Fsp3) is 0.625. The van der Waals surface area contributed by atoms with Crippen molar-refractivity contribution < 1.29 is 21.9 Å². The first-order valence-electron chi connectivity index (χ1n) is 5.20. The first-order valence-corrected chi connectivity index (χ1v) is 8.50. The molecule has 8 nitrogen and oxygen atoms in total. The summed E-state index contributed by atoms with van der Waals surface area (Å²) in [5, 5.41) is 14.6. The van der Waals surface area contributed by atoms with Gasteiger partial charge >= 0.3 is 0 Å². The SMILES string of the molecule is O=S1(=O)CCC(NS(=O)(=O)c2[nH]ncc2CO)C1. The molecule has 1 aromatic rings. The first kappa shape index (κ1) is 13.5. The van der Waals surface area contributed by atoms with Gasteiger partial charge < -0.3 is 5.11 Å². The van der Waals surface area contributed by atoms with Crippen molar-refractivity contribution in [1.82, 2.24) is 14.9 Å². The third-order valence-electron chi connectivity index (χ3n) is 2.67. The Balaban J connectivity index is 2.19. The quantitative estimate of drug-likeness (QED) is 0.611. The minimum Gasteiger partial charge on any atom is -0.392 e. The summed E-state index contributed by atoms with van der Waals surface area (Å²) in [7, 11) is -7.04. The zero-order valence-corrected chi connectivity index (χ0v) is 11.0. The lowest BCUT2D eigenvalue weighted by atomic mass is 10.3. The van der Waals surface area contributed by atoms with Gasteiger partial charge in [0.2, 0.25) is 0 Å². The number of hydrogen-bond acceptors (Lipinski definition) is 6. The molecule has 0 saturated carbocycles. The van der Waals surface area contributed by atoms with Gasteiger partial charge in [0.25, 0.3) is 10.0 Å². The molecule has 1 aliphatic rings. The maximum atomic E-state index is 12.0. The van der Waals surface area contributed by atoms with E-state index in [1.165, 1.54) is 6.20 Å². The van der Waals surface area contributed by atoms with Gasteiger partial charge in [0, 0.05) is 11.6 Å². The maximum Gasteiger partial charge on any atom is 0.258 e. The Kier molecular flexibility index (Phi) is 3.45. The van der Waals surface area contributed by atoms with Crippen LogP contribution in [0, 0.1) is 0 Å². The Labute approximate surface area is 104 Å². The van der Waals surface area contributed by atoms with E-state index in [4.69, 9.17) is 5.11 Å². The second-order valence-corrected chi connectivity index (χ2v) is 7.98. The van der Waals surface area contributed by atoms with Crippen LogP contribution in [-0.2, 0) is 26.5 Å². The molecule has 10 heteroatoms. The number of rotatable bonds is 4. The van der Waals surface area contributed by atoms with Crippen LogP contribution in [0.4, 0.5) is 0 Å². The van der Waals surface area contributed by atoms with E-state index in [0.717, 1.165) is 0 Å². The van der Waals surface area contributed by atoms with E-state index < -0.39 is 32.5 Å². The van der Waals surface area contributed by atoms with Gasteiger partial charge in [0.05, 0.1) is 24.3 Å². The monoisotopic (exact) mass is 295 g/mol. The number of nitrogens with zero attached hydrogens (tertiary/aromatic N) is 1. The number of H-pyrrole nitrogens is 1. The van der Waals surface area contributed by atoms with Gasteiger partial charge in [-0.3, -0.25) is 5.10 Å². The van der Waals surface area contributed by atoms with Crippen molar-refractivity contribution >= 4 is 19.9 Å². The Morgan fingerprint density at radius 1 is 1.56 bits per heavy atom. The molecule has 102 valence electrons. The van der Waals surface area contributed by atoms with Gasteiger partial charge in [-0.25, -0.2) is 21.6 Å². The summed E-state index contributed by atoms with van der Waals surface area (Å²) in [6, 6.07) is -0.630. The molecule has 0 spiro atoms. The minimum absolute atomic E-state index is 0.0178. The van der Waals surface area contributed by atoms with Crippen LogP contribution in [0.25, 0.3) is 0 Å². The molecule has 1 aromatic heterocycles. The van der Waals surface area contributed by atoms with E-state index in [1.807, 2.05) is 0 Å². The van der Waals surface area contributed by atoms with E-state index in [-0.39, 0.29) is 28.5 Å². The molecule has 1 fully saturated rings. The third-order valence-corrected chi connectivity index (χ3v) is 5.97. The molecule has 0 radical (unpaired) electrons. The van der Waals surface area contributed by atoms with Crippen LogP contribution >= 0.6 is 0 Å². The van der Waals surface area contributed by atoms with Gasteiger partial charge in [-0.05, 0) is 6.42 Å². The molecule has 1 aliphatic heterocycles. The van der Waals surface area contributed by atoms with Gasteiger partial charge in [-0.2, -0.15) is 5.10 Å². The van der Waals surface area contributed by atoms with Crippen LogP contribution < -0.4 is 4.72 Å². The zero-order valence-electron chi connectivity index (χ0n) is 9.33. The molecule has 3 N–H and O–H groups in total. The fourth-order valence-electron chi connectivity index (χ4n) is 1.81. The first-order chi connectivity index (χ1) is 8.34. The van der Waals surface area contributed by atoms with Crippen LogP contribution in [0.2, 0.25) is 0 Å². The van der Waals surface area contributed by atoms with Gasteiger partial charge in [0.1, 0.15) is 0 Å². The Hall–Kier alpha value is -0.970. The molecular formula is C8H13N3O5S2. The Bertz CT molecular complexity index is 633. The average molecular weight is 295 g/mol. The Morgan fingerprint density at radius 2 is 2.28 bits per heavy atom. The van der Waals surface area contributed by atoms with Crippen molar-refractivity contribution in [2.75, 3.05) is 11.5 Å². The van der Waals surface area contributed by atoms with Crippen molar-refractivity contribution in [3.05, 3.63) is 11.8 Å². The largest absolute Gasteiger partial charge is 0.392 e. The van der Waals surface area contributed by atoms with Crippen molar-refractivity contribution in [2.24, 2.45) is 0 Å². The van der Waals surface area contributed by atoms with Crippen LogP contribution in [0.15, 0.2) is 11.2 Å². The molecule has 2 rings (SSSR count). The highest BCUT2D eigenvalue weighted by atomic mass is 32.2. The summed E-state index contributed by atoms with van der Waals surface area (Å²) in [4.78, 5) is 0. The fourth-order valence-corrected chi connectivity index (χ4v) is 4.98. The van der Waals surface area contributed by atoms with E-state index >= 15 is 0 Å². The second-order valence-electron chi connectivity index (χ2n) is 4.10. The zero-order chi connectivity index (χ0) is 13.4. The van der Waals surface area contributed by atoms with E-state index in [0.29, 0.717) is 0 Å². The standard InChI is InChI=1S/C8H13N3O5S2/c12-4-6-3-9-10-8(6)18(15,16)11-7-1-2-17(13,14)5-7/h3,7,11-12H,1-2,4-5H2,(H,9,10). The number of nitrogens with one attached hydrogen (secondary N) is 2. The molecule has 1 atom stereocenters. The average Bonchev–Trinajstić information content (AvgIpc) is 2.84. The van der Waals surface area contributed by atoms with Crippen LogP contribution in [0.5, 0.6) is 0 Å². The number of sulfonamides is 1. The number of aromatic amines is 1. The van der Waals surface area contributed by atoms with Gasteiger partial charge in [-0.1, -0.05) is 0 Å². The van der Waals surface area contributed by atoms with Crippen molar-refractivity contribution in [2.45, 2.75) is 24.1 Å². The molecule has 0 aliphatic carbocycles. The van der Waals surface area contributed by atoms with E-state index in [9.17, 15) is 16.8 Å². The highest BCUT2D eigenvalue weighted by Crippen LogP contribution is 2.16. The highest BCUT2D eigenvalue weighted by Gasteiger charge is 2.32. The van der Waals surface area contributed by atoms with E-state index in [2.05, 4.69) is 14.9 Å². The summed E-state index contributed by atoms with van der Waals surface area (Å²) in [6.45, 7) is -0.463. The molecule has 2 heterocycles. The number of aliphatic hydroxyl groups is 1. The normalized spacial score (nSPS) is 23.3. The number of sulfone groups is 1. The number of aromatic nitrogens is 2. The van der Waals surface area contributed by atoms with Gasteiger partial charge in [0.15, 0.2) is 14.9 Å². The van der Waals surface area contributed by atoms with Crippen LogP contribution in [-0.4, -0.2) is 49.7 Å². The van der Waals surface area contributed by atoms with Gasteiger partial charge in [-0.15, -0.1) is 0 Å². The molecular weight excluding hydrogens is 282 g/mol. The lowest BCUT2D eigenvalue weighted by molar-refractivity contribution is 0.278. The summed E-state index contributed by atoms with van der Waals surface area (Å²) >= 11 is 0. The molecule has 18 heavy (non-hydrogen) atoms. The summed E-state index contributed by atoms with van der Waals surface area (Å²) in [5.41, 5.74) is 0.142. The lowest BCUT2D eigenvalue weighted by Crippen LogP contribution is -2.36.